The molecule has 0 spiro atoms. The lowest BCUT2D eigenvalue weighted by molar-refractivity contribution is -0.386. The number of ether oxygens (including phenoxy) is 2. The minimum Gasteiger partial charge on any atom is -0.478 e. The van der Waals surface area contributed by atoms with Gasteiger partial charge in [0, 0.05) is 24.7 Å². The average molecular weight is 463 g/mol. The Morgan fingerprint density at radius 1 is 1.09 bits per heavy atom. The first-order valence-electron chi connectivity index (χ1n) is 10.1. The monoisotopic (exact) mass is 462 g/mol. The number of nitrogens with zero attached hydrogens (tertiary/aromatic N) is 2. The van der Waals surface area contributed by atoms with Crippen LogP contribution in [0.3, 0.4) is 0 Å². The van der Waals surface area contributed by atoms with Crippen LogP contribution in [0.25, 0.3) is 0 Å². The molecule has 172 valence electrons. The van der Waals surface area contributed by atoms with Gasteiger partial charge in [0.25, 0.3) is 0 Å². The zero-order chi connectivity index (χ0) is 23.6. The summed E-state index contributed by atoms with van der Waals surface area (Å²) in [7, 11) is -3.90. The first-order valence-corrected chi connectivity index (χ1v) is 11.6. The summed E-state index contributed by atoms with van der Waals surface area (Å²) in [4.78, 5) is 23.6. The van der Waals surface area contributed by atoms with Gasteiger partial charge in [-0.1, -0.05) is 6.07 Å². The van der Waals surface area contributed by atoms with E-state index in [2.05, 4.69) is 0 Å². The summed E-state index contributed by atoms with van der Waals surface area (Å²) >= 11 is 0. The van der Waals surface area contributed by atoms with Crippen molar-refractivity contribution in [3.63, 3.8) is 0 Å². The molecule has 0 aliphatic carbocycles. The minimum absolute atomic E-state index is 0.163. The normalized spacial score (nSPS) is 14.9. The second-order valence-electron chi connectivity index (χ2n) is 7.75. The van der Waals surface area contributed by atoms with Crippen molar-refractivity contribution < 1.29 is 27.6 Å². The molecule has 2 aromatic rings. The first-order chi connectivity index (χ1) is 15.0. The number of nitro groups is 1. The van der Waals surface area contributed by atoms with Crippen LogP contribution >= 0.6 is 0 Å². The van der Waals surface area contributed by atoms with E-state index < -0.39 is 27.2 Å². The fourth-order valence-electron chi connectivity index (χ4n) is 3.71. The highest BCUT2D eigenvalue weighted by atomic mass is 32.2. The highest BCUT2D eigenvalue weighted by molar-refractivity contribution is 7.89. The van der Waals surface area contributed by atoms with Gasteiger partial charge >= 0.3 is 5.69 Å². The van der Waals surface area contributed by atoms with Crippen molar-refractivity contribution in [3.8, 4) is 5.75 Å². The van der Waals surface area contributed by atoms with E-state index in [0.717, 1.165) is 28.3 Å². The van der Waals surface area contributed by atoms with Crippen LogP contribution in [-0.2, 0) is 14.8 Å². The molecule has 0 amide bonds. The number of benzene rings is 2. The Bertz CT molecular complexity index is 1140. The fourth-order valence-corrected chi connectivity index (χ4v) is 5.14. The second-order valence-corrected chi connectivity index (χ2v) is 9.69. The third kappa shape index (κ3) is 4.67. The Balaban J connectivity index is 1.87. The number of hydrogen-bond donors (Lipinski definition) is 0. The lowest BCUT2D eigenvalue weighted by Gasteiger charge is -2.26. The Hall–Kier alpha value is -2.82. The summed E-state index contributed by atoms with van der Waals surface area (Å²) in [5.41, 5.74) is 3.64. The number of ketones is 1. The Kier molecular flexibility index (Phi) is 6.97. The van der Waals surface area contributed by atoms with E-state index in [1.807, 2.05) is 33.8 Å². The van der Waals surface area contributed by atoms with Gasteiger partial charge in [-0.15, -0.1) is 0 Å². The average Bonchev–Trinajstić information content (AvgIpc) is 2.77. The van der Waals surface area contributed by atoms with E-state index in [1.165, 1.54) is 16.4 Å². The van der Waals surface area contributed by atoms with Crippen molar-refractivity contribution in [1.29, 1.82) is 0 Å². The van der Waals surface area contributed by atoms with Crippen molar-refractivity contribution in [1.82, 2.24) is 4.31 Å². The molecule has 0 saturated carbocycles. The van der Waals surface area contributed by atoms with E-state index >= 15 is 0 Å². The zero-order valence-electron chi connectivity index (χ0n) is 18.5. The van der Waals surface area contributed by atoms with Gasteiger partial charge in [-0.3, -0.25) is 14.9 Å². The molecule has 0 bridgehead atoms. The van der Waals surface area contributed by atoms with Crippen LogP contribution in [0.5, 0.6) is 5.75 Å². The molecule has 1 saturated heterocycles. The third-order valence-corrected chi connectivity index (χ3v) is 7.63. The highest BCUT2D eigenvalue weighted by Gasteiger charge is 2.29. The van der Waals surface area contributed by atoms with Gasteiger partial charge in [0.15, 0.2) is 12.4 Å². The van der Waals surface area contributed by atoms with Gasteiger partial charge < -0.3 is 9.47 Å². The van der Waals surface area contributed by atoms with Gasteiger partial charge in [-0.05, 0) is 62.1 Å². The van der Waals surface area contributed by atoms with Crippen LogP contribution in [-0.4, -0.2) is 56.3 Å². The topological polar surface area (TPSA) is 116 Å². The molecule has 0 N–H and O–H groups in total. The van der Waals surface area contributed by atoms with Crippen LogP contribution in [0.4, 0.5) is 5.69 Å². The van der Waals surface area contributed by atoms with Crippen LogP contribution in [0.15, 0.2) is 29.2 Å². The number of hydrogen-bond acceptors (Lipinski definition) is 7. The maximum atomic E-state index is 12.9. The molecule has 1 heterocycles. The molecule has 1 aliphatic rings. The van der Waals surface area contributed by atoms with E-state index in [0.29, 0.717) is 5.56 Å². The van der Waals surface area contributed by atoms with Gasteiger partial charge in [0.05, 0.1) is 23.0 Å². The van der Waals surface area contributed by atoms with Crippen LogP contribution < -0.4 is 4.74 Å². The zero-order valence-corrected chi connectivity index (χ0v) is 19.3. The molecule has 10 heteroatoms. The molecule has 9 nitrogen and oxygen atoms in total. The van der Waals surface area contributed by atoms with Gasteiger partial charge in [-0.2, -0.15) is 4.31 Å². The maximum Gasteiger partial charge on any atom is 0.312 e. The van der Waals surface area contributed by atoms with Crippen molar-refractivity contribution >= 4 is 21.5 Å². The van der Waals surface area contributed by atoms with Crippen LogP contribution in [0, 0.1) is 37.8 Å². The SMILES string of the molecule is Cc1cc(C)c(C)c(C(=O)COc2ccc(S(=O)(=O)N3CCOCC3)cc2[N+](=O)[O-])c1C. The lowest BCUT2D eigenvalue weighted by Crippen LogP contribution is -2.40. The largest absolute Gasteiger partial charge is 0.478 e. The Morgan fingerprint density at radius 2 is 1.69 bits per heavy atom. The molecule has 32 heavy (non-hydrogen) atoms. The van der Waals surface area contributed by atoms with Gasteiger partial charge in [0.1, 0.15) is 0 Å². The highest BCUT2D eigenvalue weighted by Crippen LogP contribution is 2.31. The van der Waals surface area contributed by atoms with Crippen molar-refractivity contribution in [2.24, 2.45) is 0 Å². The van der Waals surface area contributed by atoms with Gasteiger partial charge in [-0.25, -0.2) is 8.42 Å². The number of aryl methyl sites for hydroxylation is 2. The summed E-state index contributed by atoms with van der Waals surface area (Å²) < 4.78 is 37.5. The van der Waals surface area contributed by atoms with Crippen molar-refractivity contribution in [3.05, 3.63) is 62.2 Å². The molecular formula is C22H26N2O7S. The quantitative estimate of drug-likeness (QED) is 0.353. The number of carbonyl (C=O) groups excluding carboxylic acids is 1. The summed E-state index contributed by atoms with van der Waals surface area (Å²) in [5.74, 6) is -0.463. The Morgan fingerprint density at radius 3 is 2.25 bits per heavy atom. The number of sulfonamides is 1. The van der Waals surface area contributed by atoms with Crippen molar-refractivity contribution in [2.75, 3.05) is 32.9 Å². The molecule has 0 atom stereocenters. The first kappa shape index (κ1) is 23.8. The summed E-state index contributed by atoms with van der Waals surface area (Å²) in [6, 6.07) is 5.45. The number of carbonyl (C=O) groups is 1. The van der Waals surface area contributed by atoms with E-state index in [9.17, 15) is 23.3 Å². The molecule has 1 aliphatic heterocycles. The third-order valence-electron chi connectivity index (χ3n) is 5.74. The summed E-state index contributed by atoms with van der Waals surface area (Å²) in [5, 5.41) is 11.6. The van der Waals surface area contributed by atoms with Crippen LogP contribution in [0.2, 0.25) is 0 Å². The van der Waals surface area contributed by atoms with Crippen molar-refractivity contribution in [2.45, 2.75) is 32.6 Å². The maximum absolute atomic E-state index is 12.9. The lowest BCUT2D eigenvalue weighted by atomic mass is 9.92. The fraction of sp³-hybridized carbons (Fsp3) is 0.409. The smallest absolute Gasteiger partial charge is 0.312 e. The standard InChI is InChI=1S/C22H26N2O7S/c1-14-11-15(2)17(4)22(16(14)3)20(25)13-31-21-6-5-18(12-19(21)24(26)27)32(28,29)23-7-9-30-10-8-23/h5-6,11-12H,7-10,13H2,1-4H3. The minimum atomic E-state index is -3.90. The van der Waals surface area contributed by atoms with Crippen LogP contribution in [0.1, 0.15) is 32.6 Å². The summed E-state index contributed by atoms with van der Waals surface area (Å²) in [6.07, 6.45) is 0. The Labute approximate surface area is 187 Å². The molecule has 0 unspecified atom stereocenters. The molecule has 3 rings (SSSR count). The number of Topliss-reactive ketones (excluding diaryl/α,β-unsaturated/α-hetero) is 1. The number of rotatable bonds is 7. The van der Waals surface area contributed by atoms with E-state index in [1.54, 1.807) is 0 Å². The van der Waals surface area contributed by atoms with E-state index in [-0.39, 0.29) is 42.7 Å². The van der Waals surface area contributed by atoms with Gasteiger partial charge in [0.2, 0.25) is 15.8 Å². The molecule has 1 fully saturated rings. The predicted molar refractivity (Wildman–Crippen MR) is 118 cm³/mol. The molecule has 2 aromatic carbocycles. The second kappa shape index (κ2) is 9.35. The summed E-state index contributed by atoms with van der Waals surface area (Å²) in [6.45, 7) is 8.01. The van der Waals surface area contributed by atoms with E-state index in [4.69, 9.17) is 9.47 Å². The molecule has 0 aromatic heterocycles. The molecular weight excluding hydrogens is 436 g/mol. The number of morpholine rings is 1. The predicted octanol–water partition coefficient (Wildman–Crippen LogP) is 3.11. The molecule has 0 radical (unpaired) electrons. The number of nitro benzene ring substituents is 1.